The normalized spacial score (nSPS) is 19.0. The highest BCUT2D eigenvalue weighted by Crippen LogP contribution is 2.30. The third-order valence-electron chi connectivity index (χ3n) is 5.24. The molecule has 2 heterocycles. The van der Waals surface area contributed by atoms with Gasteiger partial charge in [-0.15, -0.1) is 0 Å². The van der Waals surface area contributed by atoms with Crippen molar-refractivity contribution in [3.05, 3.63) is 46.8 Å². The van der Waals surface area contributed by atoms with Crippen LogP contribution in [0, 0.1) is 11.6 Å². The van der Waals surface area contributed by atoms with E-state index in [4.69, 9.17) is 4.74 Å². The first kappa shape index (κ1) is 17.1. The van der Waals surface area contributed by atoms with Gasteiger partial charge >= 0.3 is 0 Å². The van der Waals surface area contributed by atoms with Crippen LogP contribution in [-0.2, 0) is 17.6 Å². The Hall–Kier alpha value is -2.28. The number of hydrogen-bond donors (Lipinski definition) is 0. The number of carbonyl (C=O) groups is 1. The minimum atomic E-state index is -0.944. The van der Waals surface area contributed by atoms with E-state index in [2.05, 4.69) is 5.10 Å². The molecule has 2 aliphatic rings. The Morgan fingerprint density at radius 2 is 2.23 bits per heavy atom. The van der Waals surface area contributed by atoms with Gasteiger partial charge in [0.15, 0.2) is 17.3 Å². The molecule has 1 aliphatic heterocycles. The summed E-state index contributed by atoms with van der Waals surface area (Å²) in [5, 5.41) is 4.42. The van der Waals surface area contributed by atoms with Crippen LogP contribution in [0.4, 0.5) is 8.78 Å². The molecule has 26 heavy (non-hydrogen) atoms. The molecule has 7 heteroatoms. The molecule has 0 spiro atoms. The molecule has 0 radical (unpaired) electrons. The maximum absolute atomic E-state index is 14.3. The summed E-state index contributed by atoms with van der Waals surface area (Å²) in [6.07, 6.45) is 3.11. The molecule has 1 aliphatic carbocycles. The first-order chi connectivity index (χ1) is 12.6. The smallest absolute Gasteiger partial charge is 0.274 e. The fraction of sp³-hybridized carbons (Fsp3) is 0.474. The molecule has 1 amide bonds. The van der Waals surface area contributed by atoms with Gasteiger partial charge in [0.1, 0.15) is 5.69 Å². The summed E-state index contributed by atoms with van der Waals surface area (Å²) in [6.45, 7) is 3.67. The van der Waals surface area contributed by atoms with Crippen LogP contribution in [0.1, 0.15) is 41.5 Å². The van der Waals surface area contributed by atoms with Crippen LogP contribution in [-0.4, -0.2) is 46.4 Å². The molecule has 5 nitrogen and oxygen atoms in total. The van der Waals surface area contributed by atoms with Crippen molar-refractivity contribution in [2.75, 3.05) is 19.8 Å². The van der Waals surface area contributed by atoms with Crippen LogP contribution < -0.4 is 0 Å². The van der Waals surface area contributed by atoms with Gasteiger partial charge in [0.25, 0.3) is 5.91 Å². The van der Waals surface area contributed by atoms with Crippen molar-refractivity contribution < 1.29 is 18.3 Å². The predicted molar refractivity (Wildman–Crippen MR) is 91.4 cm³/mol. The number of carbonyl (C=O) groups excluding carboxylic acids is 1. The molecule has 0 N–H and O–H groups in total. The summed E-state index contributed by atoms with van der Waals surface area (Å²) in [6, 6.07) is 4.06. The number of fused-ring (bicyclic) bond motifs is 1. The highest BCUT2D eigenvalue weighted by Gasteiger charge is 2.33. The lowest BCUT2D eigenvalue weighted by molar-refractivity contribution is 0.0659. The number of rotatable bonds is 4. The van der Waals surface area contributed by atoms with Crippen molar-refractivity contribution in [3.63, 3.8) is 0 Å². The number of likely N-dealkylation sites (N-methyl/N-ethyl adjacent to an activating group) is 1. The van der Waals surface area contributed by atoms with Gasteiger partial charge in [-0.3, -0.25) is 4.79 Å². The highest BCUT2D eigenvalue weighted by atomic mass is 19.2. The lowest BCUT2D eigenvalue weighted by atomic mass is 10.1. The Kier molecular flexibility index (Phi) is 4.48. The molecule has 1 unspecified atom stereocenters. The first-order valence-electron chi connectivity index (χ1n) is 9.05. The summed E-state index contributed by atoms with van der Waals surface area (Å²) >= 11 is 0. The molecular weight excluding hydrogens is 340 g/mol. The van der Waals surface area contributed by atoms with Crippen LogP contribution in [0.25, 0.3) is 5.69 Å². The second-order valence-corrected chi connectivity index (χ2v) is 6.72. The molecule has 2 aromatic rings. The van der Waals surface area contributed by atoms with Gasteiger partial charge in [-0.25, -0.2) is 13.5 Å². The first-order valence-corrected chi connectivity index (χ1v) is 9.05. The van der Waals surface area contributed by atoms with Crippen LogP contribution >= 0.6 is 0 Å². The fourth-order valence-electron chi connectivity index (χ4n) is 3.94. The highest BCUT2D eigenvalue weighted by molar-refractivity contribution is 5.94. The molecule has 1 saturated heterocycles. The molecular formula is C19H21F2N3O2. The molecule has 1 aromatic carbocycles. The number of hydrogen-bond acceptors (Lipinski definition) is 3. The third kappa shape index (κ3) is 2.70. The van der Waals surface area contributed by atoms with E-state index in [9.17, 15) is 13.6 Å². The van der Waals surface area contributed by atoms with Gasteiger partial charge in [-0.2, -0.15) is 5.10 Å². The van der Waals surface area contributed by atoms with E-state index in [1.807, 2.05) is 6.92 Å². The molecule has 138 valence electrons. The summed E-state index contributed by atoms with van der Waals surface area (Å²) in [5.74, 6) is -2.02. The summed E-state index contributed by atoms with van der Waals surface area (Å²) < 4.78 is 34.8. The Balaban J connectivity index is 1.76. The lowest BCUT2D eigenvalue weighted by Crippen LogP contribution is -2.41. The van der Waals surface area contributed by atoms with E-state index in [0.717, 1.165) is 36.6 Å². The summed E-state index contributed by atoms with van der Waals surface area (Å²) in [7, 11) is 0. The number of nitrogens with zero attached hydrogens (tertiary/aromatic N) is 3. The van der Waals surface area contributed by atoms with Gasteiger partial charge in [0.2, 0.25) is 0 Å². The maximum Gasteiger partial charge on any atom is 0.274 e. The summed E-state index contributed by atoms with van der Waals surface area (Å²) in [5.41, 5.74) is 2.07. The predicted octanol–water partition coefficient (Wildman–Crippen LogP) is 2.89. The Bertz CT molecular complexity index is 844. The van der Waals surface area contributed by atoms with Gasteiger partial charge in [-0.1, -0.05) is 6.07 Å². The third-order valence-corrected chi connectivity index (χ3v) is 5.24. The van der Waals surface area contributed by atoms with Crippen molar-refractivity contribution in [2.24, 2.45) is 0 Å². The monoisotopic (exact) mass is 361 g/mol. The Labute approximate surface area is 150 Å². The molecule has 1 aromatic heterocycles. The molecule has 0 bridgehead atoms. The van der Waals surface area contributed by atoms with Gasteiger partial charge in [0.05, 0.1) is 12.6 Å². The topological polar surface area (TPSA) is 47.4 Å². The fourth-order valence-corrected chi connectivity index (χ4v) is 3.94. The number of amides is 1. The van der Waals surface area contributed by atoms with Crippen LogP contribution in [0.3, 0.4) is 0 Å². The quantitative estimate of drug-likeness (QED) is 0.841. The molecule has 1 atom stereocenters. The minimum Gasteiger partial charge on any atom is -0.379 e. The van der Waals surface area contributed by atoms with Crippen molar-refractivity contribution in [3.8, 4) is 5.69 Å². The van der Waals surface area contributed by atoms with Gasteiger partial charge in [0, 0.05) is 24.4 Å². The van der Waals surface area contributed by atoms with Crippen molar-refractivity contribution in [1.82, 2.24) is 14.7 Å². The van der Waals surface area contributed by atoms with E-state index in [1.165, 1.54) is 16.8 Å². The average molecular weight is 361 g/mol. The van der Waals surface area contributed by atoms with E-state index in [1.54, 1.807) is 4.90 Å². The molecule has 0 saturated carbocycles. The van der Waals surface area contributed by atoms with E-state index >= 15 is 0 Å². The largest absolute Gasteiger partial charge is 0.379 e. The number of benzene rings is 1. The van der Waals surface area contributed by atoms with Crippen LogP contribution in [0.15, 0.2) is 18.2 Å². The Morgan fingerprint density at radius 3 is 2.96 bits per heavy atom. The van der Waals surface area contributed by atoms with Gasteiger partial charge in [-0.05, 0) is 44.7 Å². The Morgan fingerprint density at radius 1 is 1.38 bits per heavy atom. The number of ether oxygens (including phenoxy) is 1. The molecule has 1 fully saturated rings. The molecule has 4 rings (SSSR count). The zero-order chi connectivity index (χ0) is 18.3. The maximum atomic E-state index is 14.3. The number of aromatic nitrogens is 2. The van der Waals surface area contributed by atoms with Crippen LogP contribution in [0.2, 0.25) is 0 Å². The van der Waals surface area contributed by atoms with Crippen LogP contribution in [0.5, 0.6) is 0 Å². The second kappa shape index (κ2) is 6.79. The second-order valence-electron chi connectivity index (χ2n) is 6.72. The summed E-state index contributed by atoms with van der Waals surface area (Å²) in [4.78, 5) is 14.9. The lowest BCUT2D eigenvalue weighted by Gasteiger charge is -2.26. The SMILES string of the molecule is CCN(C(=O)c1nn(-c2cccc(F)c2F)c2c1CCC2)C1CCOC1. The minimum absolute atomic E-state index is 0.0422. The zero-order valence-corrected chi connectivity index (χ0v) is 14.7. The van der Waals surface area contributed by atoms with Crippen molar-refractivity contribution in [2.45, 2.75) is 38.6 Å². The average Bonchev–Trinajstić information content (AvgIpc) is 3.35. The van der Waals surface area contributed by atoms with E-state index in [0.29, 0.717) is 31.9 Å². The van der Waals surface area contributed by atoms with Crippen molar-refractivity contribution in [1.29, 1.82) is 0 Å². The van der Waals surface area contributed by atoms with E-state index in [-0.39, 0.29) is 17.6 Å². The van der Waals surface area contributed by atoms with E-state index < -0.39 is 11.6 Å². The van der Waals surface area contributed by atoms with Crippen molar-refractivity contribution >= 4 is 5.91 Å². The standard InChI is InChI=1S/C19H21F2N3O2/c1-2-23(12-9-10-26-11-12)19(25)18-13-5-3-7-15(13)24(22-18)16-8-4-6-14(20)17(16)21/h4,6,8,12H,2-3,5,7,9-11H2,1H3. The number of halogens is 2. The van der Waals surface area contributed by atoms with Gasteiger partial charge < -0.3 is 9.64 Å². The zero-order valence-electron chi connectivity index (χ0n) is 14.7.